The van der Waals surface area contributed by atoms with Gasteiger partial charge in [0.05, 0.1) is 10.5 Å². The third-order valence-electron chi connectivity index (χ3n) is 1.92. The largest absolute Gasteiger partial charge is 0.276 e. The van der Waals surface area contributed by atoms with Gasteiger partial charge in [-0.25, -0.2) is 0 Å². The van der Waals surface area contributed by atoms with Crippen molar-refractivity contribution in [2.45, 2.75) is 0 Å². The number of carbonyl (C=O) groups is 1. The van der Waals surface area contributed by atoms with E-state index in [9.17, 15) is 4.79 Å². The molecule has 70 valence electrons. The molecule has 0 aliphatic heterocycles. The standard InChI is InChI=1S/C10H5Cl2NO/c11-8-3-4-13-9-2-1-6(10(12)14)5-7(8)9/h1-5H. The Hall–Kier alpha value is -1.12. The summed E-state index contributed by atoms with van der Waals surface area (Å²) in [6.07, 6.45) is 1.62. The molecular formula is C10H5Cl2NO. The Kier molecular flexibility index (Phi) is 2.40. The highest BCUT2D eigenvalue weighted by Gasteiger charge is 2.05. The van der Waals surface area contributed by atoms with Gasteiger partial charge >= 0.3 is 0 Å². The molecule has 0 unspecified atom stereocenters. The molecule has 0 N–H and O–H groups in total. The molecule has 0 amide bonds. The molecule has 1 aromatic carbocycles. The lowest BCUT2D eigenvalue weighted by Gasteiger charge is -2.00. The molecule has 0 fully saturated rings. The number of halogens is 2. The summed E-state index contributed by atoms with van der Waals surface area (Å²) < 4.78 is 0. The number of hydrogen-bond acceptors (Lipinski definition) is 2. The van der Waals surface area contributed by atoms with Crippen molar-refractivity contribution in [2.75, 3.05) is 0 Å². The number of rotatable bonds is 1. The number of pyridine rings is 1. The smallest absolute Gasteiger partial charge is 0.252 e. The second-order valence-corrected chi connectivity index (χ2v) is 3.55. The quantitative estimate of drug-likeness (QED) is 0.698. The Labute approximate surface area is 90.5 Å². The second kappa shape index (κ2) is 3.56. The van der Waals surface area contributed by atoms with E-state index in [1.807, 2.05) is 0 Å². The van der Waals surface area contributed by atoms with Crippen molar-refractivity contribution in [1.82, 2.24) is 4.98 Å². The Morgan fingerprint density at radius 2 is 2.07 bits per heavy atom. The van der Waals surface area contributed by atoms with Gasteiger partial charge in [0, 0.05) is 17.1 Å². The number of nitrogens with zero attached hydrogens (tertiary/aromatic N) is 1. The average Bonchev–Trinajstić information content (AvgIpc) is 2.18. The van der Waals surface area contributed by atoms with E-state index in [0.29, 0.717) is 10.6 Å². The second-order valence-electron chi connectivity index (χ2n) is 2.80. The van der Waals surface area contributed by atoms with Crippen LogP contribution in [0.3, 0.4) is 0 Å². The summed E-state index contributed by atoms with van der Waals surface area (Å²) in [6.45, 7) is 0. The minimum Gasteiger partial charge on any atom is -0.276 e. The van der Waals surface area contributed by atoms with Crippen molar-refractivity contribution in [1.29, 1.82) is 0 Å². The number of hydrogen-bond donors (Lipinski definition) is 0. The van der Waals surface area contributed by atoms with E-state index >= 15 is 0 Å². The summed E-state index contributed by atoms with van der Waals surface area (Å²) in [6, 6.07) is 6.66. The van der Waals surface area contributed by atoms with Crippen molar-refractivity contribution in [3.8, 4) is 0 Å². The monoisotopic (exact) mass is 225 g/mol. The van der Waals surface area contributed by atoms with Crippen molar-refractivity contribution in [2.24, 2.45) is 0 Å². The number of aromatic nitrogens is 1. The average molecular weight is 226 g/mol. The molecule has 0 spiro atoms. The van der Waals surface area contributed by atoms with Crippen LogP contribution in [-0.4, -0.2) is 10.2 Å². The molecule has 0 aliphatic rings. The maximum Gasteiger partial charge on any atom is 0.252 e. The zero-order valence-corrected chi connectivity index (χ0v) is 8.51. The van der Waals surface area contributed by atoms with Gasteiger partial charge in [0.25, 0.3) is 5.24 Å². The molecule has 0 atom stereocenters. The maximum absolute atomic E-state index is 10.9. The van der Waals surface area contributed by atoms with Crippen molar-refractivity contribution in [3.05, 3.63) is 41.0 Å². The topological polar surface area (TPSA) is 30.0 Å². The van der Waals surface area contributed by atoms with E-state index in [1.54, 1.807) is 30.5 Å². The molecule has 0 aliphatic carbocycles. The molecule has 2 nitrogen and oxygen atoms in total. The third-order valence-corrected chi connectivity index (χ3v) is 2.46. The molecule has 1 aromatic heterocycles. The fraction of sp³-hybridized carbons (Fsp3) is 0. The summed E-state index contributed by atoms with van der Waals surface area (Å²) in [7, 11) is 0. The highest BCUT2D eigenvalue weighted by molar-refractivity contribution is 6.67. The predicted molar refractivity (Wildman–Crippen MR) is 56.9 cm³/mol. The Balaban J connectivity index is 2.76. The molecular weight excluding hydrogens is 221 g/mol. The minimum atomic E-state index is -0.494. The zero-order chi connectivity index (χ0) is 10.1. The van der Waals surface area contributed by atoms with Crippen LogP contribution in [0.15, 0.2) is 30.5 Å². The van der Waals surface area contributed by atoms with E-state index in [2.05, 4.69) is 4.98 Å². The highest BCUT2D eigenvalue weighted by atomic mass is 35.5. The number of benzene rings is 1. The van der Waals surface area contributed by atoms with Crippen LogP contribution < -0.4 is 0 Å². The normalized spacial score (nSPS) is 10.4. The van der Waals surface area contributed by atoms with Crippen LogP contribution in [0.1, 0.15) is 10.4 Å². The van der Waals surface area contributed by atoms with E-state index in [4.69, 9.17) is 23.2 Å². The van der Waals surface area contributed by atoms with Gasteiger partial charge in [0.1, 0.15) is 0 Å². The van der Waals surface area contributed by atoms with E-state index in [0.717, 1.165) is 10.9 Å². The van der Waals surface area contributed by atoms with Crippen molar-refractivity contribution in [3.63, 3.8) is 0 Å². The number of fused-ring (bicyclic) bond motifs is 1. The SMILES string of the molecule is O=C(Cl)c1ccc2nccc(Cl)c2c1. The maximum atomic E-state index is 10.9. The summed E-state index contributed by atoms with van der Waals surface area (Å²) in [5.74, 6) is 0. The van der Waals surface area contributed by atoms with Crippen LogP contribution in [0.2, 0.25) is 5.02 Å². The third kappa shape index (κ3) is 1.59. The summed E-state index contributed by atoms with van der Waals surface area (Å²) in [4.78, 5) is 15.0. The fourth-order valence-corrected chi connectivity index (χ4v) is 1.56. The van der Waals surface area contributed by atoms with Gasteiger partial charge in [-0.05, 0) is 35.9 Å². The molecule has 0 saturated heterocycles. The summed E-state index contributed by atoms with van der Waals surface area (Å²) in [5.41, 5.74) is 1.17. The van der Waals surface area contributed by atoms with Crippen LogP contribution in [-0.2, 0) is 0 Å². The first kappa shape index (κ1) is 9.44. The van der Waals surface area contributed by atoms with Gasteiger partial charge in [-0.3, -0.25) is 9.78 Å². The number of carbonyl (C=O) groups excluding carboxylic acids is 1. The van der Waals surface area contributed by atoms with Gasteiger partial charge < -0.3 is 0 Å². The van der Waals surface area contributed by atoms with E-state index < -0.39 is 5.24 Å². The Morgan fingerprint density at radius 3 is 2.79 bits per heavy atom. The zero-order valence-electron chi connectivity index (χ0n) is 7.00. The summed E-state index contributed by atoms with van der Waals surface area (Å²) in [5, 5.41) is 0.808. The lowest BCUT2D eigenvalue weighted by molar-refractivity contribution is 0.108. The van der Waals surface area contributed by atoms with Gasteiger partial charge in [-0.2, -0.15) is 0 Å². The molecule has 2 aromatic rings. The minimum absolute atomic E-state index is 0.425. The molecule has 2 rings (SSSR count). The van der Waals surface area contributed by atoms with E-state index in [1.165, 1.54) is 0 Å². The van der Waals surface area contributed by atoms with Crippen LogP contribution in [0.25, 0.3) is 10.9 Å². The highest BCUT2D eigenvalue weighted by Crippen LogP contribution is 2.22. The van der Waals surface area contributed by atoms with E-state index in [-0.39, 0.29) is 0 Å². The predicted octanol–water partition coefficient (Wildman–Crippen LogP) is 3.27. The summed E-state index contributed by atoms with van der Waals surface area (Å²) >= 11 is 11.3. The molecule has 0 bridgehead atoms. The fourth-order valence-electron chi connectivity index (χ4n) is 1.23. The van der Waals surface area contributed by atoms with Crippen molar-refractivity contribution < 1.29 is 4.79 Å². The molecule has 0 saturated carbocycles. The Morgan fingerprint density at radius 1 is 1.29 bits per heavy atom. The lowest BCUT2D eigenvalue weighted by atomic mass is 10.1. The van der Waals surface area contributed by atoms with Gasteiger partial charge in [0.15, 0.2) is 0 Å². The van der Waals surface area contributed by atoms with Gasteiger partial charge in [-0.1, -0.05) is 11.6 Å². The molecule has 14 heavy (non-hydrogen) atoms. The molecule has 1 heterocycles. The first-order chi connectivity index (χ1) is 6.68. The van der Waals surface area contributed by atoms with Crippen LogP contribution in [0, 0.1) is 0 Å². The van der Waals surface area contributed by atoms with Gasteiger partial charge in [0.2, 0.25) is 0 Å². The Bertz CT molecular complexity index is 510. The lowest BCUT2D eigenvalue weighted by Crippen LogP contribution is -1.89. The van der Waals surface area contributed by atoms with Crippen LogP contribution in [0.5, 0.6) is 0 Å². The first-order valence-corrected chi connectivity index (χ1v) is 4.68. The first-order valence-electron chi connectivity index (χ1n) is 3.92. The van der Waals surface area contributed by atoms with Gasteiger partial charge in [-0.15, -0.1) is 0 Å². The van der Waals surface area contributed by atoms with Crippen LogP contribution >= 0.6 is 23.2 Å². The molecule has 0 radical (unpaired) electrons. The van der Waals surface area contributed by atoms with Crippen molar-refractivity contribution >= 4 is 39.3 Å². The van der Waals surface area contributed by atoms with Crippen LogP contribution in [0.4, 0.5) is 0 Å². The molecule has 4 heteroatoms.